The molecule has 20 heavy (non-hydrogen) atoms. The summed E-state index contributed by atoms with van der Waals surface area (Å²) in [4.78, 5) is 26.8. The zero-order valence-corrected chi connectivity index (χ0v) is 12.1. The molecule has 1 aromatic carbocycles. The SMILES string of the molecule is NC(=O)Cc1ccc(NC(=O)c2cccnc2Br)cc1. The van der Waals surface area contributed by atoms with E-state index in [2.05, 4.69) is 26.2 Å². The third kappa shape index (κ3) is 3.64. The maximum absolute atomic E-state index is 12.0. The van der Waals surface area contributed by atoms with Crippen LogP contribution in [-0.4, -0.2) is 16.8 Å². The quantitative estimate of drug-likeness (QED) is 0.840. The predicted octanol–water partition coefficient (Wildman–Crippen LogP) is 2.12. The van der Waals surface area contributed by atoms with Gasteiger partial charge in [-0.2, -0.15) is 0 Å². The highest BCUT2D eigenvalue weighted by Crippen LogP contribution is 2.16. The molecule has 0 fully saturated rings. The van der Waals surface area contributed by atoms with Crippen LogP contribution < -0.4 is 11.1 Å². The van der Waals surface area contributed by atoms with Crippen LogP contribution in [0.15, 0.2) is 47.2 Å². The lowest BCUT2D eigenvalue weighted by molar-refractivity contribution is -0.117. The molecule has 1 aromatic heterocycles. The van der Waals surface area contributed by atoms with E-state index in [4.69, 9.17) is 5.73 Å². The molecule has 0 radical (unpaired) electrons. The van der Waals surface area contributed by atoms with Crippen molar-refractivity contribution < 1.29 is 9.59 Å². The van der Waals surface area contributed by atoms with Gasteiger partial charge in [0.2, 0.25) is 5.91 Å². The number of carbonyl (C=O) groups is 2. The van der Waals surface area contributed by atoms with Gasteiger partial charge in [-0.1, -0.05) is 12.1 Å². The molecular formula is C14H12BrN3O2. The third-order valence-corrected chi connectivity index (χ3v) is 3.23. The van der Waals surface area contributed by atoms with E-state index in [0.29, 0.717) is 15.9 Å². The van der Waals surface area contributed by atoms with E-state index >= 15 is 0 Å². The minimum Gasteiger partial charge on any atom is -0.369 e. The lowest BCUT2D eigenvalue weighted by Gasteiger charge is -2.07. The van der Waals surface area contributed by atoms with Crippen LogP contribution in [0.1, 0.15) is 15.9 Å². The van der Waals surface area contributed by atoms with E-state index in [1.54, 1.807) is 42.6 Å². The number of nitrogens with one attached hydrogen (secondary N) is 1. The Bertz CT molecular complexity index is 641. The first-order valence-electron chi connectivity index (χ1n) is 5.85. The number of hydrogen-bond acceptors (Lipinski definition) is 3. The molecule has 2 amide bonds. The Morgan fingerprint density at radius 3 is 2.50 bits per heavy atom. The summed E-state index contributed by atoms with van der Waals surface area (Å²) in [5, 5.41) is 2.75. The molecule has 0 atom stereocenters. The average Bonchev–Trinajstić information content (AvgIpc) is 2.41. The molecule has 0 aliphatic carbocycles. The maximum Gasteiger partial charge on any atom is 0.258 e. The van der Waals surface area contributed by atoms with Crippen LogP contribution in [-0.2, 0) is 11.2 Å². The first kappa shape index (κ1) is 14.2. The van der Waals surface area contributed by atoms with E-state index in [0.717, 1.165) is 5.56 Å². The average molecular weight is 334 g/mol. The second-order valence-corrected chi connectivity index (χ2v) is 4.89. The molecular weight excluding hydrogens is 322 g/mol. The molecule has 0 aliphatic rings. The van der Waals surface area contributed by atoms with Gasteiger partial charge in [0, 0.05) is 11.9 Å². The van der Waals surface area contributed by atoms with Gasteiger partial charge in [0.1, 0.15) is 4.60 Å². The summed E-state index contributed by atoms with van der Waals surface area (Å²) < 4.78 is 0.489. The Morgan fingerprint density at radius 1 is 1.20 bits per heavy atom. The maximum atomic E-state index is 12.0. The predicted molar refractivity (Wildman–Crippen MR) is 79.2 cm³/mol. The number of anilines is 1. The van der Waals surface area contributed by atoms with E-state index in [9.17, 15) is 9.59 Å². The Kier molecular flexibility index (Phi) is 4.47. The monoisotopic (exact) mass is 333 g/mol. The second kappa shape index (κ2) is 6.29. The van der Waals surface area contributed by atoms with Gasteiger partial charge < -0.3 is 11.1 Å². The third-order valence-electron chi connectivity index (χ3n) is 2.59. The summed E-state index contributed by atoms with van der Waals surface area (Å²) in [7, 11) is 0. The number of carbonyl (C=O) groups excluding carboxylic acids is 2. The van der Waals surface area contributed by atoms with Crippen molar-refractivity contribution in [3.8, 4) is 0 Å². The molecule has 3 N–H and O–H groups in total. The molecule has 0 saturated heterocycles. The van der Waals surface area contributed by atoms with Crippen molar-refractivity contribution >= 4 is 33.4 Å². The molecule has 2 aromatic rings. The van der Waals surface area contributed by atoms with Gasteiger partial charge in [-0.05, 0) is 45.8 Å². The first-order chi connectivity index (χ1) is 9.56. The zero-order valence-electron chi connectivity index (χ0n) is 10.5. The number of benzene rings is 1. The second-order valence-electron chi connectivity index (χ2n) is 4.14. The van der Waals surface area contributed by atoms with Crippen LogP contribution in [0.5, 0.6) is 0 Å². The fourth-order valence-corrected chi connectivity index (χ4v) is 2.09. The first-order valence-corrected chi connectivity index (χ1v) is 6.64. The molecule has 102 valence electrons. The summed E-state index contributed by atoms with van der Waals surface area (Å²) in [6, 6.07) is 10.3. The largest absolute Gasteiger partial charge is 0.369 e. The molecule has 0 saturated carbocycles. The summed E-state index contributed by atoms with van der Waals surface area (Å²) in [6.07, 6.45) is 1.78. The minimum absolute atomic E-state index is 0.183. The van der Waals surface area contributed by atoms with Gasteiger partial charge in [0.25, 0.3) is 5.91 Å². The van der Waals surface area contributed by atoms with Gasteiger partial charge in [0.05, 0.1) is 12.0 Å². The van der Waals surface area contributed by atoms with Crippen molar-refractivity contribution in [2.24, 2.45) is 5.73 Å². The number of nitrogens with zero attached hydrogens (tertiary/aromatic N) is 1. The number of pyridine rings is 1. The zero-order chi connectivity index (χ0) is 14.5. The van der Waals surface area contributed by atoms with Crippen molar-refractivity contribution in [1.82, 2.24) is 4.98 Å². The number of nitrogens with two attached hydrogens (primary N) is 1. The highest BCUT2D eigenvalue weighted by Gasteiger charge is 2.10. The number of hydrogen-bond donors (Lipinski definition) is 2. The Morgan fingerprint density at radius 2 is 1.90 bits per heavy atom. The van der Waals surface area contributed by atoms with Crippen LogP contribution in [0.4, 0.5) is 5.69 Å². The minimum atomic E-state index is -0.388. The topological polar surface area (TPSA) is 85.1 Å². The molecule has 1 heterocycles. The lowest BCUT2D eigenvalue weighted by atomic mass is 10.1. The van der Waals surface area contributed by atoms with Gasteiger partial charge >= 0.3 is 0 Å². The van der Waals surface area contributed by atoms with Crippen LogP contribution in [0.2, 0.25) is 0 Å². The lowest BCUT2D eigenvalue weighted by Crippen LogP contribution is -2.14. The van der Waals surface area contributed by atoms with Crippen molar-refractivity contribution in [2.75, 3.05) is 5.32 Å². The highest BCUT2D eigenvalue weighted by molar-refractivity contribution is 9.10. The van der Waals surface area contributed by atoms with E-state index in [1.165, 1.54) is 0 Å². The molecule has 0 bridgehead atoms. The van der Waals surface area contributed by atoms with E-state index in [-0.39, 0.29) is 18.2 Å². The number of halogens is 1. The van der Waals surface area contributed by atoms with Crippen LogP contribution in [0, 0.1) is 0 Å². The summed E-state index contributed by atoms with van der Waals surface area (Å²) in [5.41, 5.74) is 7.01. The molecule has 0 spiro atoms. The highest BCUT2D eigenvalue weighted by atomic mass is 79.9. The molecule has 2 rings (SSSR count). The molecule has 0 aliphatic heterocycles. The number of aromatic nitrogens is 1. The number of amides is 2. The summed E-state index contributed by atoms with van der Waals surface area (Å²) in [5.74, 6) is -0.645. The normalized spacial score (nSPS) is 10.1. The van der Waals surface area contributed by atoms with Gasteiger partial charge in [-0.15, -0.1) is 0 Å². The Balaban J connectivity index is 2.09. The Labute approximate surface area is 124 Å². The molecule has 0 unspecified atom stereocenters. The van der Waals surface area contributed by atoms with Crippen molar-refractivity contribution in [3.63, 3.8) is 0 Å². The van der Waals surface area contributed by atoms with E-state index < -0.39 is 0 Å². The fourth-order valence-electron chi connectivity index (χ4n) is 1.66. The Hall–Kier alpha value is -2.21. The van der Waals surface area contributed by atoms with Crippen LogP contribution in [0.25, 0.3) is 0 Å². The summed E-state index contributed by atoms with van der Waals surface area (Å²) >= 11 is 3.23. The van der Waals surface area contributed by atoms with Gasteiger partial charge in [-0.3, -0.25) is 9.59 Å². The van der Waals surface area contributed by atoms with Crippen molar-refractivity contribution in [1.29, 1.82) is 0 Å². The smallest absolute Gasteiger partial charge is 0.258 e. The van der Waals surface area contributed by atoms with E-state index in [1.807, 2.05) is 0 Å². The fraction of sp³-hybridized carbons (Fsp3) is 0.0714. The number of rotatable bonds is 4. The molecule has 5 nitrogen and oxygen atoms in total. The number of primary amides is 1. The van der Waals surface area contributed by atoms with Crippen molar-refractivity contribution in [3.05, 3.63) is 58.3 Å². The van der Waals surface area contributed by atoms with Crippen molar-refractivity contribution in [2.45, 2.75) is 6.42 Å². The van der Waals surface area contributed by atoms with Gasteiger partial charge in [0.15, 0.2) is 0 Å². The van der Waals surface area contributed by atoms with Crippen LogP contribution in [0.3, 0.4) is 0 Å². The van der Waals surface area contributed by atoms with Crippen LogP contribution >= 0.6 is 15.9 Å². The van der Waals surface area contributed by atoms with Gasteiger partial charge in [-0.25, -0.2) is 4.98 Å². The standard InChI is InChI=1S/C14H12BrN3O2/c15-13-11(2-1-7-17-13)14(20)18-10-5-3-9(4-6-10)8-12(16)19/h1-7H,8H2,(H2,16,19)(H,18,20). The molecule has 6 heteroatoms. The summed E-state index contributed by atoms with van der Waals surface area (Å²) in [6.45, 7) is 0.